The van der Waals surface area contributed by atoms with Crippen molar-refractivity contribution in [2.24, 2.45) is 5.73 Å². The number of nitrogens with two attached hydrogens (primary N) is 1. The normalized spacial score (nSPS) is 16.7. The second-order valence-corrected chi connectivity index (χ2v) is 10.9. The molecule has 36 heavy (non-hydrogen) atoms. The molecule has 0 aliphatic heterocycles. The highest BCUT2D eigenvalue weighted by Gasteiger charge is 2.60. The zero-order valence-electron chi connectivity index (χ0n) is 20.2. The maximum absolute atomic E-state index is 14.5. The number of hydrogen-bond donors (Lipinski definition) is 1. The Kier molecular flexibility index (Phi) is 7.72. The molecule has 0 aromatic heterocycles. The van der Waals surface area contributed by atoms with Gasteiger partial charge in [-0.2, -0.15) is 18.4 Å². The number of halogens is 3. The number of carbonyl (C=O) groups excluding carboxylic acids is 1. The Hall–Kier alpha value is -3.10. The molecule has 194 valence electrons. The van der Waals surface area contributed by atoms with E-state index < -0.39 is 39.5 Å². The number of methoxy groups -OCH3 is 1. The van der Waals surface area contributed by atoms with Crippen LogP contribution in [0.5, 0.6) is 5.75 Å². The van der Waals surface area contributed by atoms with Crippen molar-refractivity contribution in [1.29, 1.82) is 5.26 Å². The van der Waals surface area contributed by atoms with Crippen LogP contribution < -0.4 is 10.5 Å². The third kappa shape index (κ3) is 5.50. The smallest absolute Gasteiger partial charge is 0.408 e. The minimum Gasteiger partial charge on any atom is -0.495 e. The lowest BCUT2D eigenvalue weighted by Gasteiger charge is -2.41. The van der Waals surface area contributed by atoms with E-state index in [1.165, 1.54) is 43.5 Å². The van der Waals surface area contributed by atoms with Gasteiger partial charge in [0, 0.05) is 6.26 Å². The molecule has 1 fully saturated rings. The van der Waals surface area contributed by atoms with E-state index in [9.17, 15) is 31.6 Å². The van der Waals surface area contributed by atoms with Crippen LogP contribution >= 0.6 is 0 Å². The van der Waals surface area contributed by atoms with Gasteiger partial charge in [-0.15, -0.1) is 0 Å². The summed E-state index contributed by atoms with van der Waals surface area (Å²) in [6.07, 6.45) is -2.84. The largest absolute Gasteiger partial charge is 0.495 e. The van der Waals surface area contributed by atoms with Gasteiger partial charge in [0.05, 0.1) is 19.2 Å². The average molecular weight is 524 g/mol. The molecule has 1 saturated carbocycles. The van der Waals surface area contributed by atoms with Gasteiger partial charge in [-0.25, -0.2) is 8.42 Å². The minimum atomic E-state index is -4.79. The number of alkyl halides is 3. The van der Waals surface area contributed by atoms with E-state index in [-0.39, 0.29) is 35.5 Å². The van der Waals surface area contributed by atoms with Gasteiger partial charge >= 0.3 is 6.18 Å². The molecule has 11 heteroatoms. The van der Waals surface area contributed by atoms with E-state index in [1.807, 2.05) is 6.07 Å². The summed E-state index contributed by atoms with van der Waals surface area (Å²) in [6, 6.07) is 8.45. The Labute approximate surface area is 208 Å². The number of amides is 1. The highest BCUT2D eigenvalue weighted by molar-refractivity contribution is 7.90. The molecule has 0 bridgehead atoms. The molecule has 2 aromatic carbocycles. The van der Waals surface area contributed by atoms with E-state index in [1.54, 1.807) is 13.0 Å². The highest BCUT2D eigenvalue weighted by Crippen LogP contribution is 2.52. The van der Waals surface area contributed by atoms with E-state index in [0.717, 1.165) is 11.2 Å². The molecular formula is C25H28F3N3O4S. The van der Waals surface area contributed by atoms with Gasteiger partial charge in [-0.3, -0.25) is 9.69 Å². The zero-order chi connectivity index (χ0) is 26.9. The van der Waals surface area contributed by atoms with Gasteiger partial charge in [-0.1, -0.05) is 43.7 Å². The molecule has 2 atom stereocenters. The molecule has 1 amide bonds. The van der Waals surface area contributed by atoms with Crippen LogP contribution in [0.2, 0.25) is 0 Å². The fraction of sp³-hybridized carbons (Fsp3) is 0.440. The van der Waals surface area contributed by atoms with Crippen LogP contribution in [-0.2, 0) is 14.6 Å². The summed E-state index contributed by atoms with van der Waals surface area (Å²) in [4.78, 5) is 13.1. The first-order chi connectivity index (χ1) is 16.8. The van der Waals surface area contributed by atoms with Gasteiger partial charge in [0.1, 0.15) is 22.2 Å². The predicted molar refractivity (Wildman–Crippen MR) is 128 cm³/mol. The number of benzene rings is 2. The number of sulfone groups is 1. The number of nitriles is 1. The Morgan fingerprint density at radius 2 is 1.78 bits per heavy atom. The number of rotatable bonds is 10. The number of hydrogen-bond acceptors (Lipinski definition) is 6. The summed E-state index contributed by atoms with van der Waals surface area (Å²) in [5.41, 5.74) is 4.91. The zero-order valence-corrected chi connectivity index (χ0v) is 21.0. The summed E-state index contributed by atoms with van der Waals surface area (Å²) < 4.78 is 73.0. The van der Waals surface area contributed by atoms with Crippen LogP contribution in [0, 0.1) is 11.3 Å². The van der Waals surface area contributed by atoms with E-state index >= 15 is 0 Å². The molecule has 2 N–H and O–H groups in total. The van der Waals surface area contributed by atoms with Gasteiger partial charge in [-0.05, 0) is 48.1 Å². The summed E-state index contributed by atoms with van der Waals surface area (Å²) in [6.45, 7) is 1.73. The molecular weight excluding hydrogens is 495 g/mol. The predicted octanol–water partition coefficient (Wildman–Crippen LogP) is 4.38. The average Bonchev–Trinajstić information content (AvgIpc) is 3.60. The van der Waals surface area contributed by atoms with Gasteiger partial charge < -0.3 is 10.5 Å². The maximum Gasteiger partial charge on any atom is 0.408 e. The molecule has 3 rings (SSSR count). The Balaban J connectivity index is 2.10. The van der Waals surface area contributed by atoms with Crippen molar-refractivity contribution < 1.29 is 31.1 Å². The van der Waals surface area contributed by atoms with Crippen molar-refractivity contribution in [1.82, 2.24) is 4.90 Å². The van der Waals surface area contributed by atoms with Crippen molar-refractivity contribution in [2.75, 3.05) is 13.4 Å². The van der Waals surface area contributed by atoms with E-state index in [0.29, 0.717) is 17.5 Å². The van der Waals surface area contributed by atoms with Crippen molar-refractivity contribution >= 4 is 15.7 Å². The standard InChI is InChI=1S/C25H28F3N3O4S/c1-4-5-19(23(30)32)31(24(15-29)12-13-24)22(25(26,27)28)17-8-6-16(7-9-17)18-10-11-20(35-2)21(14-18)36(3,33)34/h6-11,14,19,22H,4-5,12-13H2,1-3H3,(H2,30,32)/t19-,22-/m0/s1. The third-order valence-electron chi connectivity index (χ3n) is 6.36. The van der Waals surface area contributed by atoms with Gasteiger partial charge in [0.25, 0.3) is 0 Å². The first-order valence-electron chi connectivity index (χ1n) is 11.3. The van der Waals surface area contributed by atoms with Gasteiger partial charge in [0.2, 0.25) is 5.91 Å². The first kappa shape index (κ1) is 27.5. The van der Waals surface area contributed by atoms with Crippen LogP contribution in [0.15, 0.2) is 47.4 Å². The molecule has 1 aliphatic rings. The molecule has 2 aromatic rings. The van der Waals surface area contributed by atoms with Crippen LogP contribution in [0.4, 0.5) is 13.2 Å². The maximum atomic E-state index is 14.5. The van der Waals surface area contributed by atoms with Crippen molar-refractivity contribution in [2.45, 2.75) is 61.3 Å². The van der Waals surface area contributed by atoms with Crippen LogP contribution in [-0.4, -0.2) is 50.3 Å². The van der Waals surface area contributed by atoms with Crippen molar-refractivity contribution in [3.8, 4) is 22.9 Å². The molecule has 0 heterocycles. The van der Waals surface area contributed by atoms with Crippen molar-refractivity contribution in [3.63, 3.8) is 0 Å². The molecule has 1 aliphatic carbocycles. The molecule has 0 unspecified atom stereocenters. The summed E-state index contributed by atoms with van der Waals surface area (Å²) in [7, 11) is -2.28. The summed E-state index contributed by atoms with van der Waals surface area (Å²) in [5.74, 6) is -0.749. The number of carbonyl (C=O) groups is 1. The monoisotopic (exact) mass is 523 g/mol. The van der Waals surface area contributed by atoms with Crippen LogP contribution in [0.3, 0.4) is 0 Å². The molecule has 0 saturated heterocycles. The lowest BCUT2D eigenvalue weighted by Crippen LogP contribution is -2.55. The lowest BCUT2D eigenvalue weighted by atomic mass is 9.95. The SMILES string of the molecule is CCC[C@@H](C(N)=O)N([C@@H](c1ccc(-c2ccc(OC)c(S(C)(=O)=O)c2)cc1)C(F)(F)F)C1(C#N)CC1. The fourth-order valence-electron chi connectivity index (χ4n) is 4.47. The first-order valence-corrected chi connectivity index (χ1v) is 13.2. The second kappa shape index (κ2) is 10.1. The quantitative estimate of drug-likeness (QED) is 0.494. The lowest BCUT2D eigenvalue weighted by molar-refractivity contribution is -0.199. The van der Waals surface area contributed by atoms with E-state index in [2.05, 4.69) is 0 Å². The third-order valence-corrected chi connectivity index (χ3v) is 7.48. The van der Waals surface area contributed by atoms with Gasteiger partial charge in [0.15, 0.2) is 9.84 Å². The van der Waals surface area contributed by atoms with Crippen molar-refractivity contribution in [3.05, 3.63) is 48.0 Å². The molecule has 0 radical (unpaired) electrons. The molecule has 0 spiro atoms. The summed E-state index contributed by atoms with van der Waals surface area (Å²) in [5, 5.41) is 9.74. The topological polar surface area (TPSA) is 113 Å². The Morgan fingerprint density at radius 1 is 1.19 bits per heavy atom. The number of nitrogens with zero attached hydrogens (tertiary/aromatic N) is 2. The van der Waals surface area contributed by atoms with E-state index in [4.69, 9.17) is 10.5 Å². The van der Waals surface area contributed by atoms with Crippen LogP contribution in [0.1, 0.15) is 44.2 Å². The Bertz CT molecular complexity index is 1270. The fourth-order valence-corrected chi connectivity index (χ4v) is 5.33. The number of ether oxygens (including phenoxy) is 1. The number of primary amides is 1. The second-order valence-electron chi connectivity index (χ2n) is 8.96. The summed E-state index contributed by atoms with van der Waals surface area (Å²) >= 11 is 0. The molecule has 7 nitrogen and oxygen atoms in total. The minimum absolute atomic E-state index is 0.0421. The Morgan fingerprint density at radius 3 is 2.19 bits per heavy atom. The highest BCUT2D eigenvalue weighted by atomic mass is 32.2. The van der Waals surface area contributed by atoms with Crippen LogP contribution in [0.25, 0.3) is 11.1 Å².